The minimum absolute atomic E-state index is 0.0994. The molecular weight excluding hydrogens is 270 g/mol. The molecule has 2 aromatic carbocycles. The van der Waals surface area contributed by atoms with Crippen molar-refractivity contribution in [3.05, 3.63) is 66.2 Å². The summed E-state index contributed by atoms with van der Waals surface area (Å²) >= 11 is 0. The van der Waals surface area contributed by atoms with E-state index in [0.29, 0.717) is 11.5 Å². The molecule has 0 heterocycles. The molecule has 0 spiro atoms. The highest BCUT2D eigenvalue weighted by molar-refractivity contribution is 7.84. The number of anilines is 1. The number of para-hydroxylation sites is 1. The van der Waals surface area contributed by atoms with E-state index in [1.165, 1.54) is 0 Å². The van der Waals surface area contributed by atoms with Crippen LogP contribution in [0.2, 0.25) is 0 Å². The lowest BCUT2D eigenvalue weighted by Gasteiger charge is -2.05. The molecule has 0 aliphatic rings. The fraction of sp³-hybridized carbons (Fsp3) is 0.188. The largest absolute Gasteiger partial charge is 0.326 e. The van der Waals surface area contributed by atoms with Crippen LogP contribution in [0.5, 0.6) is 0 Å². The maximum atomic E-state index is 11.9. The molecule has 20 heavy (non-hydrogen) atoms. The lowest BCUT2D eigenvalue weighted by atomic mass is 10.2. The molecule has 3 nitrogen and oxygen atoms in total. The topological polar surface area (TPSA) is 46.2 Å². The first-order valence-corrected chi connectivity index (χ1v) is 7.96. The molecule has 1 amide bonds. The van der Waals surface area contributed by atoms with Crippen molar-refractivity contribution in [1.82, 2.24) is 0 Å². The summed E-state index contributed by atoms with van der Waals surface area (Å²) in [5.74, 6) is 0.783. The van der Waals surface area contributed by atoms with Crippen LogP contribution in [-0.2, 0) is 21.3 Å². The minimum Gasteiger partial charge on any atom is -0.326 e. The predicted octanol–water partition coefficient (Wildman–Crippen LogP) is 2.96. The maximum absolute atomic E-state index is 11.9. The van der Waals surface area contributed by atoms with Gasteiger partial charge in [0.15, 0.2) is 0 Å². The van der Waals surface area contributed by atoms with E-state index >= 15 is 0 Å². The normalized spacial score (nSPS) is 11.8. The number of nitrogens with one attached hydrogen (secondary N) is 1. The summed E-state index contributed by atoms with van der Waals surface area (Å²) in [5, 5.41) is 2.79. The fourth-order valence-corrected chi connectivity index (χ4v) is 2.91. The Bertz CT molecular complexity index is 516. The van der Waals surface area contributed by atoms with E-state index in [-0.39, 0.29) is 12.3 Å². The molecule has 0 saturated carbocycles. The van der Waals surface area contributed by atoms with Gasteiger partial charge in [0.2, 0.25) is 5.91 Å². The van der Waals surface area contributed by atoms with Gasteiger partial charge in [0.25, 0.3) is 0 Å². The summed E-state index contributed by atoms with van der Waals surface area (Å²) in [6.45, 7) is 0. The van der Waals surface area contributed by atoms with Crippen molar-refractivity contribution in [3.8, 4) is 0 Å². The Hall–Kier alpha value is -1.94. The van der Waals surface area contributed by atoms with E-state index in [0.717, 1.165) is 11.3 Å². The Morgan fingerprint density at radius 2 is 1.55 bits per heavy atom. The van der Waals surface area contributed by atoms with Crippen LogP contribution in [0.15, 0.2) is 60.7 Å². The molecule has 1 N–H and O–H groups in total. The third-order valence-electron chi connectivity index (χ3n) is 2.78. The highest BCUT2D eigenvalue weighted by Crippen LogP contribution is 2.07. The number of benzene rings is 2. The summed E-state index contributed by atoms with van der Waals surface area (Å²) in [6, 6.07) is 19.0. The molecule has 0 aliphatic heterocycles. The number of rotatable bonds is 6. The standard InChI is InChI=1S/C16H17NO2S/c18-16(17-15-9-5-2-6-10-15)11-12-20(19)13-14-7-3-1-4-8-14/h1-10H,11-13H2,(H,17,18). The van der Waals surface area contributed by atoms with Gasteiger partial charge in [0.05, 0.1) is 0 Å². The molecular formula is C16H17NO2S. The van der Waals surface area contributed by atoms with E-state index in [4.69, 9.17) is 0 Å². The Balaban J connectivity index is 1.75. The van der Waals surface area contributed by atoms with Crippen molar-refractivity contribution >= 4 is 22.4 Å². The Morgan fingerprint density at radius 3 is 2.20 bits per heavy atom. The summed E-state index contributed by atoms with van der Waals surface area (Å²) < 4.78 is 11.9. The van der Waals surface area contributed by atoms with Crippen LogP contribution < -0.4 is 5.32 Å². The lowest BCUT2D eigenvalue weighted by molar-refractivity contribution is -0.115. The van der Waals surface area contributed by atoms with Crippen LogP contribution in [-0.4, -0.2) is 15.9 Å². The van der Waals surface area contributed by atoms with Crippen molar-refractivity contribution in [2.75, 3.05) is 11.1 Å². The van der Waals surface area contributed by atoms with Crippen LogP contribution in [0.1, 0.15) is 12.0 Å². The molecule has 1 atom stereocenters. The van der Waals surface area contributed by atoms with Crippen molar-refractivity contribution in [3.63, 3.8) is 0 Å². The monoisotopic (exact) mass is 287 g/mol. The van der Waals surface area contributed by atoms with E-state index in [2.05, 4.69) is 5.32 Å². The van der Waals surface area contributed by atoms with E-state index in [1.807, 2.05) is 60.7 Å². The molecule has 0 aliphatic carbocycles. The smallest absolute Gasteiger partial charge is 0.225 e. The molecule has 0 saturated heterocycles. The van der Waals surface area contributed by atoms with Gasteiger partial charge in [0.1, 0.15) is 0 Å². The third kappa shape index (κ3) is 4.97. The lowest BCUT2D eigenvalue weighted by Crippen LogP contribution is -2.15. The first kappa shape index (κ1) is 14.5. The first-order chi connectivity index (χ1) is 9.74. The van der Waals surface area contributed by atoms with E-state index < -0.39 is 10.8 Å². The zero-order chi connectivity index (χ0) is 14.2. The van der Waals surface area contributed by atoms with Crippen LogP contribution in [0.25, 0.3) is 0 Å². The van der Waals surface area contributed by atoms with Crippen LogP contribution in [0.3, 0.4) is 0 Å². The molecule has 2 rings (SSSR count). The van der Waals surface area contributed by atoms with Gasteiger partial charge in [-0.25, -0.2) is 0 Å². The maximum Gasteiger partial charge on any atom is 0.225 e. The van der Waals surface area contributed by atoms with Crippen molar-refractivity contribution in [1.29, 1.82) is 0 Å². The SMILES string of the molecule is O=C(CCS(=O)Cc1ccccc1)Nc1ccccc1. The summed E-state index contributed by atoms with van der Waals surface area (Å²) in [6.07, 6.45) is 0.272. The Kier molecular flexibility index (Phi) is 5.50. The average Bonchev–Trinajstić information content (AvgIpc) is 2.47. The molecule has 0 bridgehead atoms. The molecule has 104 valence electrons. The third-order valence-corrected chi connectivity index (χ3v) is 4.10. The highest BCUT2D eigenvalue weighted by Gasteiger charge is 2.06. The van der Waals surface area contributed by atoms with Gasteiger partial charge in [0, 0.05) is 34.4 Å². The molecule has 0 aromatic heterocycles. The first-order valence-electron chi connectivity index (χ1n) is 6.48. The highest BCUT2D eigenvalue weighted by atomic mass is 32.2. The number of hydrogen-bond acceptors (Lipinski definition) is 2. The quantitative estimate of drug-likeness (QED) is 0.888. The van der Waals surface area contributed by atoms with Crippen molar-refractivity contribution < 1.29 is 9.00 Å². The second-order valence-corrected chi connectivity index (χ2v) is 6.01. The molecule has 0 radical (unpaired) electrons. The summed E-state index contributed by atoms with van der Waals surface area (Å²) in [7, 11) is -1.01. The Labute approximate surface area is 121 Å². The van der Waals surface area contributed by atoms with Gasteiger partial charge < -0.3 is 5.32 Å². The van der Waals surface area contributed by atoms with Gasteiger partial charge in [-0.15, -0.1) is 0 Å². The van der Waals surface area contributed by atoms with Gasteiger partial charge in [-0.05, 0) is 17.7 Å². The van der Waals surface area contributed by atoms with Gasteiger partial charge in [-0.2, -0.15) is 0 Å². The average molecular weight is 287 g/mol. The van der Waals surface area contributed by atoms with E-state index in [1.54, 1.807) is 0 Å². The Morgan fingerprint density at radius 1 is 0.950 bits per heavy atom. The summed E-state index contributed by atoms with van der Waals surface area (Å²) in [5.41, 5.74) is 1.81. The van der Waals surface area contributed by atoms with Gasteiger partial charge in [-0.3, -0.25) is 9.00 Å². The van der Waals surface area contributed by atoms with Gasteiger partial charge >= 0.3 is 0 Å². The van der Waals surface area contributed by atoms with Crippen molar-refractivity contribution in [2.24, 2.45) is 0 Å². The van der Waals surface area contributed by atoms with E-state index in [9.17, 15) is 9.00 Å². The predicted molar refractivity (Wildman–Crippen MR) is 82.8 cm³/mol. The summed E-state index contributed by atoms with van der Waals surface area (Å²) in [4.78, 5) is 11.7. The number of hydrogen-bond donors (Lipinski definition) is 1. The zero-order valence-corrected chi connectivity index (χ0v) is 11.9. The van der Waals surface area contributed by atoms with Crippen LogP contribution >= 0.6 is 0 Å². The molecule has 4 heteroatoms. The molecule has 1 unspecified atom stereocenters. The van der Waals surface area contributed by atoms with Gasteiger partial charge in [-0.1, -0.05) is 48.5 Å². The molecule has 0 fully saturated rings. The number of carbonyl (C=O) groups excluding carboxylic acids is 1. The minimum atomic E-state index is -1.01. The number of carbonyl (C=O) groups is 1. The van der Waals surface area contributed by atoms with Crippen LogP contribution in [0.4, 0.5) is 5.69 Å². The van der Waals surface area contributed by atoms with Crippen molar-refractivity contribution in [2.45, 2.75) is 12.2 Å². The molecule has 2 aromatic rings. The van der Waals surface area contributed by atoms with Crippen LogP contribution in [0, 0.1) is 0 Å². The second-order valence-electron chi connectivity index (χ2n) is 4.44. The fourth-order valence-electron chi connectivity index (χ4n) is 1.78. The number of amides is 1. The second kappa shape index (κ2) is 7.60. The zero-order valence-electron chi connectivity index (χ0n) is 11.1.